The first-order valence-corrected chi connectivity index (χ1v) is 9.13. The number of carbonyl (C=O) groups excluding carboxylic acids is 2. The molecule has 0 radical (unpaired) electrons. The van der Waals surface area contributed by atoms with Crippen LogP contribution in [0, 0.1) is 5.82 Å². The maximum atomic E-state index is 13.2. The molecule has 2 aromatic carbocycles. The van der Waals surface area contributed by atoms with Crippen LogP contribution in [-0.4, -0.2) is 47.6 Å². The Hall–Kier alpha value is -2.93. The van der Waals surface area contributed by atoms with Crippen molar-refractivity contribution in [2.75, 3.05) is 24.6 Å². The van der Waals surface area contributed by atoms with Crippen molar-refractivity contribution in [1.29, 1.82) is 0 Å². The molecule has 1 atom stereocenters. The molecule has 2 amide bonds. The molecule has 1 N–H and O–H groups in total. The number of aliphatic hydroxyl groups excluding tert-OH is 1. The Kier molecular flexibility index (Phi) is 6.26. The molecule has 148 valence electrons. The van der Waals surface area contributed by atoms with Gasteiger partial charge in [-0.05, 0) is 48.4 Å². The van der Waals surface area contributed by atoms with E-state index in [2.05, 4.69) is 0 Å². The lowest BCUT2D eigenvalue weighted by atomic mass is 10.2. The fourth-order valence-electron chi connectivity index (χ4n) is 3.36. The first kappa shape index (κ1) is 19.8. The summed E-state index contributed by atoms with van der Waals surface area (Å²) in [4.78, 5) is 27.9. The van der Waals surface area contributed by atoms with E-state index in [-0.39, 0.29) is 36.9 Å². The van der Waals surface area contributed by atoms with Gasteiger partial charge in [0.1, 0.15) is 11.6 Å². The van der Waals surface area contributed by atoms with E-state index in [9.17, 15) is 14.0 Å². The zero-order valence-corrected chi connectivity index (χ0v) is 15.7. The normalized spacial score (nSPS) is 16.1. The largest absolute Gasteiger partial charge is 0.484 e. The maximum Gasteiger partial charge on any atom is 0.260 e. The summed E-state index contributed by atoms with van der Waals surface area (Å²) < 4.78 is 18.7. The van der Waals surface area contributed by atoms with Gasteiger partial charge >= 0.3 is 0 Å². The first-order chi connectivity index (χ1) is 13.5. The Balaban J connectivity index is 1.58. The second-order valence-corrected chi connectivity index (χ2v) is 6.74. The number of halogens is 1. The highest BCUT2D eigenvalue weighted by Crippen LogP contribution is 2.24. The summed E-state index contributed by atoms with van der Waals surface area (Å²) in [6, 6.07) is 12.5. The van der Waals surface area contributed by atoms with Gasteiger partial charge in [-0.15, -0.1) is 0 Å². The molecular weight excluding hydrogens is 363 g/mol. The fraction of sp³-hybridized carbons (Fsp3) is 0.333. The topological polar surface area (TPSA) is 70.1 Å². The van der Waals surface area contributed by atoms with Gasteiger partial charge in [0.2, 0.25) is 5.91 Å². The van der Waals surface area contributed by atoms with Gasteiger partial charge in [0.05, 0.1) is 12.6 Å². The third-order valence-corrected chi connectivity index (χ3v) is 4.79. The van der Waals surface area contributed by atoms with Crippen molar-refractivity contribution in [1.82, 2.24) is 4.90 Å². The maximum absolute atomic E-state index is 13.2. The summed E-state index contributed by atoms with van der Waals surface area (Å²) in [7, 11) is 0. The molecule has 7 heteroatoms. The third-order valence-electron chi connectivity index (χ3n) is 4.79. The summed E-state index contributed by atoms with van der Waals surface area (Å²) in [6.45, 7) is 2.26. The molecule has 1 aliphatic heterocycles. The van der Waals surface area contributed by atoms with Gasteiger partial charge in [0.15, 0.2) is 6.61 Å². The molecule has 2 aromatic rings. The minimum atomic E-state index is -0.361. The predicted octanol–water partition coefficient (Wildman–Crippen LogP) is 2.35. The average molecular weight is 386 g/mol. The van der Waals surface area contributed by atoms with Crippen molar-refractivity contribution in [3.05, 3.63) is 59.9 Å². The van der Waals surface area contributed by atoms with Crippen LogP contribution < -0.4 is 9.64 Å². The van der Waals surface area contributed by atoms with Gasteiger partial charge in [-0.1, -0.05) is 12.1 Å². The predicted molar refractivity (Wildman–Crippen MR) is 102 cm³/mol. The molecule has 0 aliphatic carbocycles. The first-order valence-electron chi connectivity index (χ1n) is 9.13. The van der Waals surface area contributed by atoms with Crippen LogP contribution in [0.2, 0.25) is 0 Å². The molecule has 3 rings (SSSR count). The zero-order chi connectivity index (χ0) is 20.1. The highest BCUT2D eigenvalue weighted by Gasteiger charge is 2.32. The minimum Gasteiger partial charge on any atom is -0.484 e. The van der Waals surface area contributed by atoms with E-state index in [4.69, 9.17) is 9.84 Å². The van der Waals surface area contributed by atoms with Crippen LogP contribution in [-0.2, 0) is 16.2 Å². The average Bonchev–Trinajstić information content (AvgIpc) is 3.17. The smallest absolute Gasteiger partial charge is 0.260 e. The van der Waals surface area contributed by atoms with Crippen LogP contribution in [0.15, 0.2) is 48.5 Å². The highest BCUT2D eigenvalue weighted by atomic mass is 19.1. The van der Waals surface area contributed by atoms with Crippen LogP contribution in [0.1, 0.15) is 18.9 Å². The van der Waals surface area contributed by atoms with Crippen molar-refractivity contribution in [2.24, 2.45) is 0 Å². The molecule has 1 fully saturated rings. The fourth-order valence-corrected chi connectivity index (χ4v) is 3.36. The van der Waals surface area contributed by atoms with Crippen molar-refractivity contribution >= 4 is 17.5 Å². The van der Waals surface area contributed by atoms with Gasteiger partial charge < -0.3 is 19.6 Å². The van der Waals surface area contributed by atoms with Crippen LogP contribution in [0.3, 0.4) is 0 Å². The van der Waals surface area contributed by atoms with Crippen molar-refractivity contribution < 1.29 is 23.8 Å². The zero-order valence-electron chi connectivity index (χ0n) is 15.7. The van der Waals surface area contributed by atoms with E-state index in [1.807, 2.05) is 0 Å². The third kappa shape index (κ3) is 4.67. The van der Waals surface area contributed by atoms with Gasteiger partial charge in [0.25, 0.3) is 5.91 Å². The van der Waals surface area contributed by atoms with E-state index < -0.39 is 0 Å². The molecular formula is C21H23FN2O4. The molecule has 0 bridgehead atoms. The van der Waals surface area contributed by atoms with Gasteiger partial charge in [0, 0.05) is 25.7 Å². The minimum absolute atomic E-state index is 0.0465. The number of hydrogen-bond donors (Lipinski definition) is 1. The van der Waals surface area contributed by atoms with Gasteiger partial charge in [-0.2, -0.15) is 0 Å². The quantitative estimate of drug-likeness (QED) is 0.827. The lowest BCUT2D eigenvalue weighted by Crippen LogP contribution is -2.42. The van der Waals surface area contributed by atoms with Crippen LogP contribution in [0.25, 0.3) is 0 Å². The molecule has 1 unspecified atom stereocenters. The Bertz CT molecular complexity index is 823. The number of aliphatic hydroxyl groups is 1. The standard InChI is InChI=1S/C21H23FN2O4/c1-15(26)24(18-6-4-17(22)5-7-18)19-10-11-23(12-19)21(27)14-28-20-8-2-16(13-25)3-9-20/h2-9,19,25H,10-14H2,1H3. The Morgan fingerprint density at radius 3 is 2.46 bits per heavy atom. The van der Waals surface area contributed by atoms with E-state index in [0.29, 0.717) is 30.9 Å². The molecule has 1 aliphatic rings. The Morgan fingerprint density at radius 1 is 1.18 bits per heavy atom. The van der Waals surface area contributed by atoms with E-state index >= 15 is 0 Å². The molecule has 6 nitrogen and oxygen atoms in total. The second-order valence-electron chi connectivity index (χ2n) is 6.74. The number of carbonyl (C=O) groups is 2. The Labute approximate surface area is 163 Å². The van der Waals surface area contributed by atoms with Crippen molar-refractivity contribution in [3.8, 4) is 5.75 Å². The lowest BCUT2D eigenvalue weighted by Gasteiger charge is -2.28. The number of likely N-dealkylation sites (tertiary alicyclic amines) is 1. The summed E-state index contributed by atoms with van der Waals surface area (Å²) in [5, 5.41) is 9.05. The Morgan fingerprint density at radius 2 is 1.86 bits per heavy atom. The van der Waals surface area contributed by atoms with Gasteiger partial charge in [-0.25, -0.2) is 4.39 Å². The number of anilines is 1. The summed E-state index contributed by atoms with van der Waals surface area (Å²) in [5.41, 5.74) is 1.39. The molecule has 0 aromatic heterocycles. The van der Waals surface area contributed by atoms with Gasteiger partial charge in [-0.3, -0.25) is 9.59 Å². The summed E-state index contributed by atoms with van der Waals surface area (Å²) in [6.07, 6.45) is 0.647. The van der Waals surface area contributed by atoms with E-state index in [1.54, 1.807) is 46.2 Å². The number of nitrogens with zero attached hydrogens (tertiary/aromatic N) is 2. The van der Waals surface area contributed by atoms with Crippen LogP contribution in [0.5, 0.6) is 5.75 Å². The number of hydrogen-bond acceptors (Lipinski definition) is 4. The molecule has 1 saturated heterocycles. The lowest BCUT2D eigenvalue weighted by molar-refractivity contribution is -0.132. The highest BCUT2D eigenvalue weighted by molar-refractivity contribution is 5.92. The number of benzene rings is 2. The summed E-state index contributed by atoms with van der Waals surface area (Å²) in [5.74, 6) is -0.111. The van der Waals surface area contributed by atoms with Crippen LogP contribution in [0.4, 0.5) is 10.1 Å². The second kappa shape index (κ2) is 8.84. The number of ether oxygens (including phenoxy) is 1. The number of amides is 2. The monoisotopic (exact) mass is 386 g/mol. The van der Waals surface area contributed by atoms with E-state index in [0.717, 1.165) is 5.56 Å². The molecule has 0 saturated carbocycles. The SMILES string of the molecule is CC(=O)N(c1ccc(F)cc1)C1CCN(C(=O)COc2ccc(CO)cc2)C1. The summed E-state index contributed by atoms with van der Waals surface area (Å²) >= 11 is 0. The van der Waals surface area contributed by atoms with Crippen LogP contribution >= 0.6 is 0 Å². The molecule has 0 spiro atoms. The number of rotatable bonds is 6. The molecule has 1 heterocycles. The van der Waals surface area contributed by atoms with Crippen molar-refractivity contribution in [2.45, 2.75) is 26.0 Å². The molecule has 28 heavy (non-hydrogen) atoms. The van der Waals surface area contributed by atoms with Crippen molar-refractivity contribution in [3.63, 3.8) is 0 Å². The van der Waals surface area contributed by atoms with E-state index in [1.165, 1.54) is 19.1 Å².